The molecule has 168 valence electrons. The first-order valence-electron chi connectivity index (χ1n) is 10.5. The summed E-state index contributed by atoms with van der Waals surface area (Å²) in [5.74, 6) is 1.45. The number of benzene rings is 2. The first-order chi connectivity index (χ1) is 15.8. The summed E-state index contributed by atoms with van der Waals surface area (Å²) in [4.78, 5) is 15.5. The molecule has 32 heavy (non-hydrogen) atoms. The molecule has 1 N–H and O–H groups in total. The molecule has 1 aliphatic rings. The van der Waals surface area contributed by atoms with Gasteiger partial charge in [0.25, 0.3) is 5.56 Å². The van der Waals surface area contributed by atoms with E-state index in [2.05, 4.69) is 15.2 Å². The van der Waals surface area contributed by atoms with E-state index in [1.165, 1.54) is 0 Å². The van der Waals surface area contributed by atoms with Crippen LogP contribution in [0.1, 0.15) is 0 Å². The van der Waals surface area contributed by atoms with Gasteiger partial charge in [-0.3, -0.25) is 4.79 Å². The van der Waals surface area contributed by atoms with Crippen molar-refractivity contribution >= 4 is 0 Å². The van der Waals surface area contributed by atoms with Gasteiger partial charge in [0.05, 0.1) is 39.6 Å². The molecule has 1 aliphatic heterocycles. The van der Waals surface area contributed by atoms with E-state index in [1.54, 1.807) is 18.2 Å². The molecule has 9 heteroatoms. The molecular weight excluding hydrogens is 414 g/mol. The minimum Gasteiger partial charge on any atom is -0.487 e. The zero-order valence-corrected chi connectivity index (χ0v) is 17.6. The standard InChI is InChI=1S/C23H25N3O6/c27-23-21(25-26-22(24-23)17-4-2-1-3-5-17)18-6-7-19-20(16-18)32-15-13-30-11-9-28-8-10-29-12-14-31-19/h1-7,16H,8-15H2,(H,24,26,27). The highest BCUT2D eigenvalue weighted by Crippen LogP contribution is 2.31. The van der Waals surface area contributed by atoms with Crippen LogP contribution in [0.4, 0.5) is 0 Å². The molecule has 9 nitrogen and oxygen atoms in total. The monoisotopic (exact) mass is 439 g/mol. The Bertz CT molecular complexity index is 1060. The maximum Gasteiger partial charge on any atom is 0.278 e. The van der Waals surface area contributed by atoms with Crippen molar-refractivity contribution in [3.8, 4) is 34.1 Å². The van der Waals surface area contributed by atoms with Crippen LogP contribution >= 0.6 is 0 Å². The van der Waals surface area contributed by atoms with Crippen molar-refractivity contribution in [3.05, 3.63) is 58.9 Å². The summed E-state index contributed by atoms with van der Waals surface area (Å²) >= 11 is 0. The third kappa shape index (κ3) is 5.91. The molecule has 0 amide bonds. The van der Waals surface area contributed by atoms with Gasteiger partial charge in [-0.15, -0.1) is 10.2 Å². The smallest absolute Gasteiger partial charge is 0.278 e. The largest absolute Gasteiger partial charge is 0.487 e. The Morgan fingerprint density at radius 2 is 1.28 bits per heavy atom. The van der Waals surface area contributed by atoms with E-state index in [4.69, 9.17) is 23.7 Å². The lowest BCUT2D eigenvalue weighted by Gasteiger charge is -2.14. The van der Waals surface area contributed by atoms with E-state index in [0.29, 0.717) is 75.7 Å². The summed E-state index contributed by atoms with van der Waals surface area (Å²) in [6.07, 6.45) is 0. The van der Waals surface area contributed by atoms with Gasteiger partial charge in [0.2, 0.25) is 0 Å². The second-order valence-corrected chi connectivity index (χ2v) is 6.91. The number of nitrogens with one attached hydrogen (secondary N) is 1. The van der Waals surface area contributed by atoms with Gasteiger partial charge in [-0.1, -0.05) is 30.3 Å². The number of aromatic amines is 1. The fourth-order valence-corrected chi connectivity index (χ4v) is 3.10. The molecule has 4 rings (SSSR count). The predicted molar refractivity (Wildman–Crippen MR) is 117 cm³/mol. The molecular formula is C23H25N3O6. The van der Waals surface area contributed by atoms with Gasteiger partial charge in [0, 0.05) is 11.1 Å². The fourth-order valence-electron chi connectivity index (χ4n) is 3.10. The molecule has 2 heterocycles. The number of hydrogen-bond donors (Lipinski definition) is 1. The molecule has 0 saturated carbocycles. The molecule has 3 aromatic rings. The average molecular weight is 439 g/mol. The number of nitrogens with zero attached hydrogens (tertiary/aromatic N) is 2. The molecule has 0 saturated heterocycles. The van der Waals surface area contributed by atoms with E-state index in [0.717, 1.165) is 5.56 Å². The molecule has 0 aliphatic carbocycles. The first-order valence-corrected chi connectivity index (χ1v) is 10.5. The maximum atomic E-state index is 12.7. The van der Waals surface area contributed by atoms with Crippen molar-refractivity contribution in [1.29, 1.82) is 0 Å². The Balaban J connectivity index is 1.55. The van der Waals surface area contributed by atoms with Crippen LogP contribution in [0, 0.1) is 0 Å². The van der Waals surface area contributed by atoms with Crippen LogP contribution in [0.15, 0.2) is 53.3 Å². The van der Waals surface area contributed by atoms with Gasteiger partial charge >= 0.3 is 0 Å². The molecule has 2 aromatic carbocycles. The zero-order chi connectivity index (χ0) is 22.0. The summed E-state index contributed by atoms with van der Waals surface area (Å²) in [6, 6.07) is 14.6. The molecule has 0 spiro atoms. The quantitative estimate of drug-likeness (QED) is 0.649. The average Bonchev–Trinajstić information content (AvgIpc) is 2.83. The first kappa shape index (κ1) is 21.9. The zero-order valence-electron chi connectivity index (χ0n) is 17.6. The van der Waals surface area contributed by atoms with Crippen LogP contribution in [-0.4, -0.2) is 68.0 Å². The van der Waals surface area contributed by atoms with Crippen LogP contribution in [0.2, 0.25) is 0 Å². The second-order valence-electron chi connectivity index (χ2n) is 6.91. The lowest BCUT2D eigenvalue weighted by molar-refractivity contribution is 0.00708. The lowest BCUT2D eigenvalue weighted by Crippen LogP contribution is -2.15. The third-order valence-electron chi connectivity index (χ3n) is 4.68. The van der Waals surface area contributed by atoms with E-state index >= 15 is 0 Å². The van der Waals surface area contributed by atoms with Crippen LogP contribution in [0.3, 0.4) is 0 Å². The van der Waals surface area contributed by atoms with Crippen LogP contribution < -0.4 is 15.0 Å². The van der Waals surface area contributed by atoms with Crippen molar-refractivity contribution in [3.63, 3.8) is 0 Å². The summed E-state index contributed by atoms with van der Waals surface area (Å²) in [5, 5.41) is 8.35. The topological polar surface area (TPSA) is 105 Å². The maximum absolute atomic E-state index is 12.7. The molecule has 0 fully saturated rings. The number of H-pyrrole nitrogens is 1. The third-order valence-corrected chi connectivity index (χ3v) is 4.68. The number of rotatable bonds is 2. The Morgan fingerprint density at radius 1 is 0.656 bits per heavy atom. The lowest BCUT2D eigenvalue weighted by atomic mass is 10.1. The normalized spacial score (nSPS) is 16.0. The second kappa shape index (κ2) is 11.4. The molecule has 0 bridgehead atoms. The van der Waals surface area contributed by atoms with Crippen LogP contribution in [0.25, 0.3) is 22.6 Å². The van der Waals surface area contributed by atoms with E-state index in [-0.39, 0.29) is 11.3 Å². The van der Waals surface area contributed by atoms with E-state index < -0.39 is 0 Å². The molecule has 1 aromatic heterocycles. The molecule has 0 unspecified atom stereocenters. The van der Waals surface area contributed by atoms with Crippen LogP contribution in [-0.2, 0) is 14.2 Å². The minimum absolute atomic E-state index is 0.198. The molecule has 0 radical (unpaired) electrons. The highest BCUT2D eigenvalue weighted by Gasteiger charge is 2.14. The van der Waals surface area contributed by atoms with Gasteiger partial charge in [0.1, 0.15) is 13.2 Å². The minimum atomic E-state index is -0.339. The highest BCUT2D eigenvalue weighted by molar-refractivity contribution is 5.64. The fraction of sp³-hybridized carbons (Fsp3) is 0.348. The van der Waals surface area contributed by atoms with Crippen molar-refractivity contribution in [2.45, 2.75) is 0 Å². The van der Waals surface area contributed by atoms with Gasteiger partial charge < -0.3 is 28.7 Å². The predicted octanol–water partition coefficient (Wildman–Crippen LogP) is 2.32. The van der Waals surface area contributed by atoms with Crippen molar-refractivity contribution in [2.75, 3.05) is 52.9 Å². The summed E-state index contributed by atoms with van der Waals surface area (Å²) in [6.45, 7) is 3.49. The number of fused-ring (bicyclic) bond motifs is 1. The SMILES string of the molecule is O=c1[nH]c(-c2ccccc2)nnc1-c1ccc2c(c1)OCCOCCOCCOCCO2. The van der Waals surface area contributed by atoms with Crippen molar-refractivity contribution < 1.29 is 23.7 Å². The highest BCUT2D eigenvalue weighted by atomic mass is 16.6. The summed E-state index contributed by atoms with van der Waals surface area (Å²) < 4.78 is 28.1. The van der Waals surface area contributed by atoms with Gasteiger partial charge in [-0.25, -0.2) is 0 Å². The molecule has 0 atom stereocenters. The van der Waals surface area contributed by atoms with Gasteiger partial charge in [-0.05, 0) is 18.2 Å². The Kier molecular flexibility index (Phi) is 7.80. The summed E-state index contributed by atoms with van der Waals surface area (Å²) in [5.41, 5.74) is 1.22. The van der Waals surface area contributed by atoms with Gasteiger partial charge in [-0.2, -0.15) is 0 Å². The van der Waals surface area contributed by atoms with Crippen molar-refractivity contribution in [2.24, 2.45) is 0 Å². The van der Waals surface area contributed by atoms with E-state index in [1.807, 2.05) is 30.3 Å². The van der Waals surface area contributed by atoms with Crippen molar-refractivity contribution in [1.82, 2.24) is 15.2 Å². The Hall–Kier alpha value is -3.27. The number of hydrogen-bond acceptors (Lipinski definition) is 8. The Labute approximate surface area is 185 Å². The Morgan fingerprint density at radius 3 is 1.94 bits per heavy atom. The van der Waals surface area contributed by atoms with Gasteiger partial charge in [0.15, 0.2) is 23.0 Å². The number of ether oxygens (including phenoxy) is 5. The number of aromatic nitrogens is 3. The van der Waals surface area contributed by atoms with E-state index in [9.17, 15) is 4.79 Å². The summed E-state index contributed by atoms with van der Waals surface area (Å²) in [7, 11) is 0. The van der Waals surface area contributed by atoms with Crippen LogP contribution in [0.5, 0.6) is 11.5 Å².